The highest BCUT2D eigenvalue weighted by molar-refractivity contribution is 9.10. The Bertz CT molecular complexity index is 2910. The van der Waals surface area contributed by atoms with Gasteiger partial charge >= 0.3 is 0 Å². The van der Waals surface area contributed by atoms with E-state index in [0.29, 0.717) is 39.8 Å². The summed E-state index contributed by atoms with van der Waals surface area (Å²) in [5, 5.41) is 1.98. The summed E-state index contributed by atoms with van der Waals surface area (Å²) >= 11 is 21.0. The van der Waals surface area contributed by atoms with Crippen LogP contribution < -0.4 is 0 Å². The summed E-state index contributed by atoms with van der Waals surface area (Å²) in [7, 11) is 0. The van der Waals surface area contributed by atoms with Crippen LogP contribution in [0.2, 0.25) is 15.1 Å². The van der Waals surface area contributed by atoms with E-state index in [2.05, 4.69) is 208 Å². The van der Waals surface area contributed by atoms with E-state index in [4.69, 9.17) is 34.8 Å². The molecule has 6 aromatic rings. The van der Waals surface area contributed by atoms with Crippen LogP contribution in [0.15, 0.2) is 126 Å². The largest absolute Gasteiger partial charge is 0.207 e. The first kappa shape index (κ1) is 95.5. The van der Waals surface area contributed by atoms with Crippen LogP contribution >= 0.6 is 50.7 Å². The van der Waals surface area contributed by atoms with E-state index in [1.165, 1.54) is 160 Å². The lowest BCUT2D eigenvalue weighted by Gasteiger charge is -2.24. The zero-order chi connectivity index (χ0) is 73.9. The molecule has 3 aliphatic carbocycles. The molecule has 3 saturated carbocycles. The van der Waals surface area contributed by atoms with Crippen molar-refractivity contribution in [1.82, 2.24) is 0 Å². The molecule has 3 aliphatic rings. The maximum atomic E-state index is 13.2. The molecule has 0 N–H and O–H groups in total. The molecule has 0 radical (unpaired) electrons. The molecular formula is C93H146BrCl3F2. The number of halogens is 6. The molecule has 0 amide bonds. The van der Waals surface area contributed by atoms with E-state index in [0.717, 1.165) is 87.8 Å². The predicted molar refractivity (Wildman–Crippen MR) is 447 cm³/mol. The van der Waals surface area contributed by atoms with Crippen LogP contribution in [-0.4, -0.2) is 0 Å². The molecule has 99 heavy (non-hydrogen) atoms. The van der Waals surface area contributed by atoms with Crippen molar-refractivity contribution < 1.29 is 8.78 Å². The Balaban J connectivity index is 0.00000109. The molecule has 0 aromatic heterocycles. The first-order valence-electron chi connectivity index (χ1n) is 38.7. The number of aryl methyl sites for hydroxylation is 4. The Labute approximate surface area is 635 Å². The highest BCUT2D eigenvalue weighted by Crippen LogP contribution is 2.32. The van der Waals surface area contributed by atoms with Crippen LogP contribution in [0.5, 0.6) is 0 Å². The average molecular weight is 1490 g/mol. The van der Waals surface area contributed by atoms with Crippen molar-refractivity contribution in [3.05, 3.63) is 208 Å². The minimum absolute atomic E-state index is 0. The van der Waals surface area contributed by atoms with Gasteiger partial charge in [0.05, 0.1) is 0 Å². The molecule has 6 heteroatoms. The van der Waals surface area contributed by atoms with Crippen molar-refractivity contribution in [3.63, 3.8) is 0 Å². The zero-order valence-corrected chi connectivity index (χ0v) is 70.2. The number of hydrogen-bond acceptors (Lipinski definition) is 0. The van der Waals surface area contributed by atoms with Crippen LogP contribution in [0, 0.1) is 104 Å². The SMILES string of the molecule is C.CC(C)C1CCCCC1.CC(C)C1CCCCCC1.CC(C)CC1CCCCC1.CC(C)Cc1c(F)cccc1Cl.CC(C)Cc1ccccc1.CC(C)Cc1ccccc1Br.CC(C)c1ccc(Cl)cc1Cl.Cc1cc(C)c(CC(C)C)c(C)c1.Cc1ccc(CC(C)C)c(F)c1. The summed E-state index contributed by atoms with van der Waals surface area (Å²) < 4.78 is 27.6. The molecular weight excluding hydrogens is 1340 g/mol. The van der Waals surface area contributed by atoms with Crippen LogP contribution in [0.4, 0.5) is 8.78 Å². The molecule has 3 fully saturated rings. The summed E-state index contributed by atoms with van der Waals surface area (Å²) in [5.41, 5.74) is 12.3. The van der Waals surface area contributed by atoms with Gasteiger partial charge in [0.1, 0.15) is 11.6 Å². The quantitative estimate of drug-likeness (QED) is 0.0899. The molecule has 0 unspecified atom stereocenters. The van der Waals surface area contributed by atoms with Crippen molar-refractivity contribution in [2.75, 3.05) is 0 Å². The van der Waals surface area contributed by atoms with Gasteiger partial charge in [-0.1, -0.05) is 376 Å². The Morgan fingerprint density at radius 1 is 0.384 bits per heavy atom. The first-order valence-corrected chi connectivity index (χ1v) is 40.6. The second-order valence-corrected chi connectivity index (χ2v) is 34.4. The van der Waals surface area contributed by atoms with Gasteiger partial charge in [-0.25, -0.2) is 8.78 Å². The van der Waals surface area contributed by atoms with Crippen molar-refractivity contribution in [2.45, 2.75) is 307 Å². The molecule has 0 bridgehead atoms. The lowest BCUT2D eigenvalue weighted by atomic mass is 9.82. The van der Waals surface area contributed by atoms with Gasteiger partial charge in [0, 0.05) is 25.1 Å². The van der Waals surface area contributed by atoms with E-state index in [1.807, 2.05) is 51.1 Å². The molecule has 0 aliphatic heterocycles. The van der Waals surface area contributed by atoms with Gasteiger partial charge in [0.25, 0.3) is 0 Å². The monoisotopic (exact) mass is 1480 g/mol. The van der Waals surface area contributed by atoms with Crippen LogP contribution in [0.25, 0.3) is 0 Å². The minimum atomic E-state index is -0.198. The fraction of sp³-hybridized carbons (Fsp3) is 0.613. The minimum Gasteiger partial charge on any atom is -0.207 e. The van der Waals surface area contributed by atoms with E-state index in [9.17, 15) is 8.78 Å². The third kappa shape index (κ3) is 46.1. The van der Waals surface area contributed by atoms with E-state index in [1.54, 1.807) is 29.8 Å². The average Bonchev–Trinajstić information content (AvgIpc) is 1.04. The fourth-order valence-electron chi connectivity index (χ4n) is 13.4. The third-order valence-electron chi connectivity index (χ3n) is 18.6. The summed E-state index contributed by atoms with van der Waals surface area (Å²) in [6.07, 6.45) is 30.5. The smallest absolute Gasteiger partial charge is 0.127 e. The van der Waals surface area contributed by atoms with Crippen LogP contribution in [0.3, 0.4) is 0 Å². The van der Waals surface area contributed by atoms with E-state index >= 15 is 0 Å². The van der Waals surface area contributed by atoms with Gasteiger partial charge in [0.2, 0.25) is 0 Å². The maximum absolute atomic E-state index is 13.2. The molecule has 0 spiro atoms. The fourth-order valence-corrected chi connectivity index (χ4v) is 14.7. The second-order valence-electron chi connectivity index (χ2n) is 32.3. The van der Waals surface area contributed by atoms with Gasteiger partial charge in [-0.15, -0.1) is 0 Å². The standard InChI is InChI=1S/C13H20.C11H15F.C10H13Br.C10H12ClF.C10H20.C10H14.C10H20.C9H10Cl2.C9H18.CH4/c1-9(2)6-13-11(4)7-10(3)8-12(13)5;1-8(2)6-10-5-4-9(3)7-11(10)12;1-8(2)7-9-5-3-4-6-10(9)11;1-7(2)6-8-9(11)4-3-5-10(8)12;2*1-9(2)8-10-6-4-3-5-7-10;1-9(2)10-7-5-3-4-6-8-10;1-6(2)8-4-3-7(10)5-9(8)11;1-8(2)9-6-4-3-5-7-9;/h7-9H,6H2,1-5H3;4-5,7-8H,6H2,1-3H3;3-6,8H,7H2,1-2H3;3-5,7H,6H2,1-2H3;9-10H,3-8H2,1-2H3;3-7,9H,8H2,1-2H3;9-10H,3-8H2,1-2H3;3-6H,1-2H3;8-9H,3-7H2,1-2H3;1H4. The molecule has 0 nitrogen and oxygen atoms in total. The van der Waals surface area contributed by atoms with Crippen molar-refractivity contribution >= 4 is 50.7 Å². The Morgan fingerprint density at radius 3 is 1.25 bits per heavy atom. The van der Waals surface area contributed by atoms with E-state index in [-0.39, 0.29) is 19.1 Å². The summed E-state index contributed by atoms with van der Waals surface area (Å²) in [6, 6.07) is 39.4. The van der Waals surface area contributed by atoms with Crippen molar-refractivity contribution in [1.29, 1.82) is 0 Å². The Kier molecular flexibility index (Phi) is 53.1. The number of benzene rings is 6. The molecule has 560 valence electrons. The maximum Gasteiger partial charge on any atom is 0.127 e. The van der Waals surface area contributed by atoms with Crippen molar-refractivity contribution in [2.24, 2.45) is 65.1 Å². The molecule has 0 saturated heterocycles. The summed E-state index contributed by atoms with van der Waals surface area (Å²) in [4.78, 5) is 0. The zero-order valence-electron chi connectivity index (χ0n) is 66.3. The molecule has 0 heterocycles. The van der Waals surface area contributed by atoms with Crippen LogP contribution in [-0.2, 0) is 32.1 Å². The van der Waals surface area contributed by atoms with Crippen molar-refractivity contribution in [3.8, 4) is 0 Å². The highest BCUT2D eigenvalue weighted by Gasteiger charge is 2.18. The second kappa shape index (κ2) is 55.1. The topological polar surface area (TPSA) is 0 Å². The Morgan fingerprint density at radius 2 is 0.828 bits per heavy atom. The van der Waals surface area contributed by atoms with Gasteiger partial charge in [-0.05, 0) is 218 Å². The van der Waals surface area contributed by atoms with E-state index < -0.39 is 0 Å². The lowest BCUT2D eigenvalue weighted by molar-refractivity contribution is 0.279. The highest BCUT2D eigenvalue weighted by atomic mass is 79.9. The Hall–Kier alpha value is -3.47. The molecule has 0 atom stereocenters. The third-order valence-corrected chi connectivity index (χ3v) is 20.3. The predicted octanol–water partition coefficient (Wildman–Crippen LogP) is 32.6. The summed E-state index contributed by atoms with van der Waals surface area (Å²) in [5.74, 6) is 9.35. The van der Waals surface area contributed by atoms with Crippen LogP contribution in [0.1, 0.15) is 303 Å². The first-order chi connectivity index (χ1) is 46.2. The van der Waals surface area contributed by atoms with Gasteiger partial charge in [-0.2, -0.15) is 0 Å². The summed E-state index contributed by atoms with van der Waals surface area (Å²) in [6.45, 7) is 48.7. The lowest BCUT2D eigenvalue weighted by Crippen LogP contribution is -2.12. The molecule has 9 rings (SSSR count). The van der Waals surface area contributed by atoms with Gasteiger partial charge < -0.3 is 0 Å². The van der Waals surface area contributed by atoms with Gasteiger partial charge in [-0.3, -0.25) is 0 Å². The van der Waals surface area contributed by atoms with Gasteiger partial charge in [0.15, 0.2) is 0 Å². The number of rotatable bonds is 15. The normalized spacial score (nSPS) is 14.1. The molecule has 6 aromatic carbocycles. The number of hydrogen-bond donors (Lipinski definition) is 0.